The number of hydrogen-bond acceptors (Lipinski definition) is 3. The molecule has 0 aliphatic heterocycles. The average Bonchev–Trinajstić information content (AvgIpc) is 2.18. The molecule has 1 N–H and O–H groups in total. The van der Waals surface area contributed by atoms with E-state index in [0.717, 1.165) is 0 Å². The summed E-state index contributed by atoms with van der Waals surface area (Å²) in [4.78, 5) is 20.4. The predicted octanol–water partition coefficient (Wildman–Crippen LogP) is 2.16. The van der Waals surface area contributed by atoms with Gasteiger partial charge in [0.15, 0.2) is 0 Å². The van der Waals surface area contributed by atoms with Crippen LogP contribution < -0.4 is 5.48 Å². The van der Waals surface area contributed by atoms with Gasteiger partial charge in [0, 0.05) is 6.20 Å². The minimum Gasteiger partial charge on any atom is -0.273 e. The number of pyridine rings is 1. The second kappa shape index (κ2) is 5.82. The van der Waals surface area contributed by atoms with Crippen LogP contribution in [-0.2, 0) is 4.84 Å². The quantitative estimate of drug-likeness (QED) is 0.675. The molecule has 1 aromatic heterocycles. The summed E-state index contributed by atoms with van der Waals surface area (Å²) in [6.45, 7) is 4.51. The highest BCUT2D eigenvalue weighted by Crippen LogP contribution is 2.06. The maximum atomic E-state index is 11.4. The number of rotatable bonds is 4. The normalized spacial score (nSPS) is 10.4. The van der Waals surface area contributed by atoms with Crippen molar-refractivity contribution >= 4 is 21.8 Å². The van der Waals surface area contributed by atoms with Crippen molar-refractivity contribution in [2.75, 3.05) is 6.61 Å². The van der Waals surface area contributed by atoms with E-state index in [1.165, 1.54) is 6.20 Å². The molecule has 15 heavy (non-hydrogen) atoms. The Bertz CT molecular complexity index is 325. The van der Waals surface area contributed by atoms with Gasteiger partial charge in [0.25, 0.3) is 5.91 Å². The van der Waals surface area contributed by atoms with Crippen molar-refractivity contribution in [2.45, 2.75) is 13.8 Å². The van der Waals surface area contributed by atoms with Gasteiger partial charge in [0.1, 0.15) is 4.60 Å². The van der Waals surface area contributed by atoms with E-state index in [4.69, 9.17) is 4.84 Å². The van der Waals surface area contributed by atoms with Gasteiger partial charge in [-0.15, -0.1) is 0 Å². The molecule has 0 atom stereocenters. The number of aromatic nitrogens is 1. The minimum absolute atomic E-state index is 0.282. The molecule has 5 heteroatoms. The van der Waals surface area contributed by atoms with Crippen LogP contribution >= 0.6 is 15.9 Å². The topological polar surface area (TPSA) is 51.2 Å². The highest BCUT2D eigenvalue weighted by atomic mass is 79.9. The number of nitrogens with one attached hydrogen (secondary N) is 1. The molecule has 1 rings (SSSR count). The third-order valence-corrected chi connectivity index (χ3v) is 2.04. The third kappa shape index (κ3) is 4.40. The zero-order valence-electron chi connectivity index (χ0n) is 8.66. The fourth-order valence-corrected chi connectivity index (χ4v) is 1.08. The molecule has 0 aliphatic carbocycles. The molecule has 82 valence electrons. The number of amides is 1. The number of carbonyl (C=O) groups excluding carboxylic acids is 1. The lowest BCUT2D eigenvalue weighted by atomic mass is 10.2. The highest BCUT2D eigenvalue weighted by molar-refractivity contribution is 9.10. The van der Waals surface area contributed by atoms with Gasteiger partial charge in [-0.3, -0.25) is 9.63 Å². The average molecular weight is 273 g/mol. The molecule has 0 saturated carbocycles. The van der Waals surface area contributed by atoms with Crippen molar-refractivity contribution < 1.29 is 9.63 Å². The molecule has 0 aliphatic rings. The Morgan fingerprint density at radius 1 is 1.60 bits per heavy atom. The van der Waals surface area contributed by atoms with Crippen molar-refractivity contribution in [2.24, 2.45) is 5.92 Å². The zero-order chi connectivity index (χ0) is 11.3. The lowest BCUT2D eigenvalue weighted by Crippen LogP contribution is -2.25. The van der Waals surface area contributed by atoms with Crippen LogP contribution in [0.2, 0.25) is 0 Å². The Labute approximate surface area is 97.1 Å². The molecule has 0 spiro atoms. The van der Waals surface area contributed by atoms with E-state index in [-0.39, 0.29) is 5.91 Å². The van der Waals surface area contributed by atoms with Crippen molar-refractivity contribution in [3.05, 3.63) is 28.5 Å². The molecule has 0 radical (unpaired) electrons. The van der Waals surface area contributed by atoms with E-state index in [0.29, 0.717) is 22.7 Å². The van der Waals surface area contributed by atoms with Crippen LogP contribution in [-0.4, -0.2) is 17.5 Å². The fraction of sp³-hybridized carbons (Fsp3) is 0.400. The summed E-state index contributed by atoms with van der Waals surface area (Å²) in [5.41, 5.74) is 2.83. The first-order valence-electron chi connectivity index (χ1n) is 4.63. The minimum atomic E-state index is -0.282. The van der Waals surface area contributed by atoms with Gasteiger partial charge in [-0.05, 0) is 34.0 Å². The van der Waals surface area contributed by atoms with Crippen molar-refractivity contribution in [3.63, 3.8) is 0 Å². The molecule has 1 heterocycles. The summed E-state index contributed by atoms with van der Waals surface area (Å²) < 4.78 is 0.696. The Kier molecular flexibility index (Phi) is 4.71. The van der Waals surface area contributed by atoms with Crippen LogP contribution in [0.5, 0.6) is 0 Å². The van der Waals surface area contributed by atoms with Gasteiger partial charge in [0.2, 0.25) is 0 Å². The summed E-state index contributed by atoms with van der Waals surface area (Å²) in [7, 11) is 0. The number of hydroxylamine groups is 1. The van der Waals surface area contributed by atoms with Crippen LogP contribution in [0.25, 0.3) is 0 Å². The van der Waals surface area contributed by atoms with E-state index in [2.05, 4.69) is 26.4 Å². The molecule has 0 saturated heterocycles. The molecular formula is C10H13BrN2O2. The van der Waals surface area contributed by atoms with Crippen molar-refractivity contribution in [3.8, 4) is 0 Å². The number of carbonyl (C=O) groups is 1. The lowest BCUT2D eigenvalue weighted by molar-refractivity contribution is 0.0208. The first-order chi connectivity index (χ1) is 7.09. The van der Waals surface area contributed by atoms with Crippen LogP contribution in [0, 0.1) is 5.92 Å². The lowest BCUT2D eigenvalue weighted by Gasteiger charge is -2.07. The number of hydrogen-bond donors (Lipinski definition) is 1. The van der Waals surface area contributed by atoms with E-state index >= 15 is 0 Å². The third-order valence-electron chi connectivity index (χ3n) is 1.57. The number of nitrogens with zero attached hydrogens (tertiary/aromatic N) is 1. The summed E-state index contributed by atoms with van der Waals surface area (Å²) in [6.07, 6.45) is 1.48. The first-order valence-corrected chi connectivity index (χ1v) is 5.42. The van der Waals surface area contributed by atoms with Gasteiger partial charge in [0.05, 0.1) is 12.2 Å². The Morgan fingerprint density at radius 3 is 2.87 bits per heavy atom. The van der Waals surface area contributed by atoms with Gasteiger partial charge >= 0.3 is 0 Å². The van der Waals surface area contributed by atoms with Gasteiger partial charge in [-0.25, -0.2) is 10.5 Å². The zero-order valence-corrected chi connectivity index (χ0v) is 10.2. The summed E-state index contributed by atoms with van der Waals surface area (Å²) in [5, 5.41) is 0. The molecule has 0 unspecified atom stereocenters. The Hall–Kier alpha value is -0.940. The highest BCUT2D eigenvalue weighted by Gasteiger charge is 2.05. The molecule has 0 aromatic carbocycles. The smallest absolute Gasteiger partial charge is 0.273 e. The number of halogens is 1. The standard InChI is InChI=1S/C10H13BrN2O2/c1-7(2)6-15-13-10(14)8-3-4-9(11)12-5-8/h3-5,7H,6H2,1-2H3,(H,13,14). The molecule has 4 nitrogen and oxygen atoms in total. The van der Waals surface area contributed by atoms with Crippen LogP contribution in [0.4, 0.5) is 0 Å². The molecular weight excluding hydrogens is 260 g/mol. The van der Waals surface area contributed by atoms with Gasteiger partial charge in [-0.2, -0.15) is 0 Å². The predicted molar refractivity (Wildman–Crippen MR) is 60.2 cm³/mol. The molecule has 1 aromatic rings. The SMILES string of the molecule is CC(C)CONC(=O)c1ccc(Br)nc1. The van der Waals surface area contributed by atoms with Crippen LogP contribution in [0.1, 0.15) is 24.2 Å². The van der Waals surface area contributed by atoms with Crippen LogP contribution in [0.3, 0.4) is 0 Å². The fourth-order valence-electron chi connectivity index (χ4n) is 0.843. The molecule has 0 fully saturated rings. The monoisotopic (exact) mass is 272 g/mol. The van der Waals surface area contributed by atoms with Crippen molar-refractivity contribution in [1.29, 1.82) is 0 Å². The van der Waals surface area contributed by atoms with E-state index in [1.807, 2.05) is 13.8 Å². The summed E-state index contributed by atoms with van der Waals surface area (Å²) in [6, 6.07) is 3.38. The van der Waals surface area contributed by atoms with Gasteiger partial charge < -0.3 is 0 Å². The van der Waals surface area contributed by atoms with E-state index in [1.54, 1.807) is 12.1 Å². The maximum absolute atomic E-state index is 11.4. The largest absolute Gasteiger partial charge is 0.276 e. The molecule has 0 bridgehead atoms. The van der Waals surface area contributed by atoms with Crippen molar-refractivity contribution in [1.82, 2.24) is 10.5 Å². The maximum Gasteiger partial charge on any atom is 0.276 e. The van der Waals surface area contributed by atoms with Crippen LogP contribution in [0.15, 0.2) is 22.9 Å². The first kappa shape index (κ1) is 12.1. The Morgan fingerprint density at radius 2 is 2.33 bits per heavy atom. The molecule has 1 amide bonds. The second-order valence-corrected chi connectivity index (χ2v) is 4.32. The Balaban J connectivity index is 2.43. The van der Waals surface area contributed by atoms with E-state index in [9.17, 15) is 4.79 Å². The summed E-state index contributed by atoms with van der Waals surface area (Å²) >= 11 is 3.19. The van der Waals surface area contributed by atoms with Gasteiger partial charge in [-0.1, -0.05) is 13.8 Å². The second-order valence-electron chi connectivity index (χ2n) is 3.51. The van der Waals surface area contributed by atoms with E-state index < -0.39 is 0 Å². The summed E-state index contributed by atoms with van der Waals surface area (Å²) in [5.74, 6) is 0.101.